The van der Waals surface area contributed by atoms with E-state index in [0.29, 0.717) is 55.9 Å². The molecule has 1 aliphatic heterocycles. The monoisotopic (exact) mass is 475 g/mol. The summed E-state index contributed by atoms with van der Waals surface area (Å²) in [6.45, 7) is 3.30. The summed E-state index contributed by atoms with van der Waals surface area (Å²) in [7, 11) is 1.63. The smallest absolute Gasteiger partial charge is 0.241 e. The number of benzene rings is 1. The van der Waals surface area contributed by atoms with Gasteiger partial charge in [0.25, 0.3) is 0 Å². The lowest BCUT2D eigenvalue weighted by atomic mass is 10.2. The van der Waals surface area contributed by atoms with Gasteiger partial charge in [0.15, 0.2) is 0 Å². The zero-order chi connectivity index (χ0) is 24.0. The van der Waals surface area contributed by atoms with E-state index in [1.807, 2.05) is 41.3 Å². The van der Waals surface area contributed by atoms with Crippen LogP contribution in [0.15, 0.2) is 57.8 Å². The predicted molar refractivity (Wildman–Crippen MR) is 124 cm³/mol. The van der Waals surface area contributed by atoms with Gasteiger partial charge in [-0.25, -0.2) is 0 Å². The summed E-state index contributed by atoms with van der Waals surface area (Å²) in [5.74, 6) is 2.90. The molecule has 35 heavy (non-hydrogen) atoms. The van der Waals surface area contributed by atoms with Gasteiger partial charge < -0.3 is 18.7 Å². The number of ether oxygens (including phenoxy) is 1. The van der Waals surface area contributed by atoms with E-state index in [9.17, 15) is 4.79 Å². The van der Waals surface area contributed by atoms with Crippen LogP contribution in [-0.2, 0) is 17.8 Å². The topological polar surface area (TPSA) is 124 Å². The minimum absolute atomic E-state index is 0.0768. The zero-order valence-corrected chi connectivity index (χ0v) is 19.3. The van der Waals surface area contributed by atoms with Crippen molar-refractivity contribution in [3.05, 3.63) is 60.6 Å². The minimum Gasteiger partial charge on any atom is -0.497 e. The van der Waals surface area contributed by atoms with Gasteiger partial charge in [-0.05, 0) is 36.4 Å². The van der Waals surface area contributed by atoms with Crippen molar-refractivity contribution in [2.45, 2.75) is 19.4 Å². The molecule has 180 valence electrons. The van der Waals surface area contributed by atoms with Crippen molar-refractivity contribution in [3.63, 3.8) is 0 Å². The van der Waals surface area contributed by atoms with Crippen LogP contribution >= 0.6 is 0 Å². The minimum atomic E-state index is 0.0768. The van der Waals surface area contributed by atoms with Crippen LogP contribution in [0, 0.1) is 0 Å². The second kappa shape index (κ2) is 10.4. The third kappa shape index (κ3) is 5.52. The Balaban J connectivity index is 1.08. The summed E-state index contributed by atoms with van der Waals surface area (Å²) >= 11 is 0. The van der Waals surface area contributed by atoms with E-state index in [2.05, 4.69) is 30.2 Å². The molecule has 0 atom stereocenters. The fourth-order valence-electron chi connectivity index (χ4n) is 3.87. The quantitative estimate of drug-likeness (QED) is 0.375. The normalized spacial score (nSPS) is 14.3. The maximum atomic E-state index is 12.7. The molecule has 1 aromatic carbocycles. The van der Waals surface area contributed by atoms with Crippen LogP contribution in [0.2, 0.25) is 0 Å². The Hall–Kier alpha value is -4.12. The molecule has 3 aromatic heterocycles. The molecule has 1 amide bonds. The van der Waals surface area contributed by atoms with Gasteiger partial charge in [0.05, 0.1) is 13.7 Å². The molecule has 0 N–H and O–H groups in total. The second-order valence-electron chi connectivity index (χ2n) is 8.14. The first kappa shape index (κ1) is 22.7. The fraction of sp³-hybridized carbons (Fsp3) is 0.333. The summed E-state index contributed by atoms with van der Waals surface area (Å²) in [6.07, 6.45) is 4.08. The second-order valence-corrected chi connectivity index (χ2v) is 8.14. The lowest BCUT2D eigenvalue weighted by molar-refractivity contribution is -0.133. The number of amides is 1. The molecule has 0 spiro atoms. The lowest BCUT2D eigenvalue weighted by Crippen LogP contribution is -2.48. The first-order valence-corrected chi connectivity index (χ1v) is 11.4. The molecule has 1 aliphatic rings. The highest BCUT2D eigenvalue weighted by Crippen LogP contribution is 2.20. The number of nitrogens with zero attached hydrogens (tertiary/aromatic N) is 7. The van der Waals surface area contributed by atoms with E-state index in [4.69, 9.17) is 13.8 Å². The van der Waals surface area contributed by atoms with Gasteiger partial charge in [-0.2, -0.15) is 9.97 Å². The van der Waals surface area contributed by atoms with E-state index < -0.39 is 0 Å². The van der Waals surface area contributed by atoms with Crippen LogP contribution in [0.5, 0.6) is 5.75 Å². The molecule has 0 unspecified atom stereocenters. The number of carbonyl (C=O) groups excluding carboxylic acids is 1. The van der Waals surface area contributed by atoms with Gasteiger partial charge >= 0.3 is 0 Å². The molecular formula is C24H25N7O4. The summed E-state index contributed by atoms with van der Waals surface area (Å²) in [5.41, 5.74) is 1.69. The molecule has 4 heterocycles. The van der Waals surface area contributed by atoms with E-state index in [1.165, 1.54) is 0 Å². The van der Waals surface area contributed by atoms with Crippen molar-refractivity contribution in [1.82, 2.24) is 35.1 Å². The van der Waals surface area contributed by atoms with E-state index in [-0.39, 0.29) is 5.91 Å². The van der Waals surface area contributed by atoms with E-state index in [1.54, 1.807) is 19.5 Å². The molecule has 4 aromatic rings. The van der Waals surface area contributed by atoms with Crippen LogP contribution in [0.4, 0.5) is 0 Å². The summed E-state index contributed by atoms with van der Waals surface area (Å²) in [6, 6.07) is 11.1. The maximum Gasteiger partial charge on any atom is 0.241 e. The standard InChI is InChI=1S/C24H25N7O4/c1-33-19-4-2-17(3-5-19)23-27-21(35-29-23)16-30-12-14-31(15-13-30)22(32)7-6-20-26-24(28-34-20)18-8-10-25-11-9-18/h2-5,8-11H,6-7,12-16H2,1H3. The number of piperazine rings is 1. The molecule has 5 rings (SSSR count). The average molecular weight is 476 g/mol. The maximum absolute atomic E-state index is 12.7. The highest BCUT2D eigenvalue weighted by Gasteiger charge is 2.23. The summed E-state index contributed by atoms with van der Waals surface area (Å²) in [5, 5.41) is 8.07. The number of hydrogen-bond acceptors (Lipinski definition) is 10. The zero-order valence-electron chi connectivity index (χ0n) is 19.3. The largest absolute Gasteiger partial charge is 0.497 e. The van der Waals surface area contributed by atoms with Gasteiger partial charge in [0.1, 0.15) is 5.75 Å². The van der Waals surface area contributed by atoms with Crippen LogP contribution < -0.4 is 4.74 Å². The Morgan fingerprint density at radius 1 is 0.886 bits per heavy atom. The molecule has 1 saturated heterocycles. The highest BCUT2D eigenvalue weighted by molar-refractivity contribution is 5.76. The number of aryl methyl sites for hydroxylation is 1. The number of carbonyl (C=O) groups is 1. The molecule has 11 nitrogen and oxygen atoms in total. The number of methoxy groups -OCH3 is 1. The third-order valence-electron chi connectivity index (χ3n) is 5.86. The SMILES string of the molecule is COc1ccc(-c2noc(CN3CCN(C(=O)CCc4nc(-c5ccncc5)no4)CC3)n2)cc1. The highest BCUT2D eigenvalue weighted by atomic mass is 16.5. The van der Waals surface area contributed by atoms with Crippen LogP contribution in [0.25, 0.3) is 22.8 Å². The molecule has 0 aliphatic carbocycles. The summed E-state index contributed by atoms with van der Waals surface area (Å²) in [4.78, 5) is 29.6. The fourth-order valence-corrected chi connectivity index (χ4v) is 3.87. The van der Waals surface area contributed by atoms with Crippen LogP contribution in [0.1, 0.15) is 18.2 Å². The van der Waals surface area contributed by atoms with E-state index >= 15 is 0 Å². The van der Waals surface area contributed by atoms with E-state index in [0.717, 1.165) is 30.0 Å². The lowest BCUT2D eigenvalue weighted by Gasteiger charge is -2.33. The van der Waals surface area contributed by atoms with Crippen molar-refractivity contribution in [2.75, 3.05) is 33.3 Å². The average Bonchev–Trinajstić information content (AvgIpc) is 3.58. The molecule has 0 saturated carbocycles. The van der Waals surface area contributed by atoms with Crippen molar-refractivity contribution in [2.24, 2.45) is 0 Å². The Labute approximate surface area is 201 Å². The van der Waals surface area contributed by atoms with Gasteiger partial charge in [0, 0.05) is 62.5 Å². The predicted octanol–water partition coefficient (Wildman–Crippen LogP) is 2.47. The number of rotatable bonds is 8. The van der Waals surface area contributed by atoms with Crippen molar-refractivity contribution in [3.8, 4) is 28.5 Å². The first-order valence-electron chi connectivity index (χ1n) is 11.4. The Kier molecular flexibility index (Phi) is 6.75. The molecule has 0 radical (unpaired) electrons. The van der Waals surface area contributed by atoms with Crippen molar-refractivity contribution < 1.29 is 18.6 Å². The van der Waals surface area contributed by atoms with Crippen LogP contribution in [-0.4, -0.2) is 74.3 Å². The van der Waals surface area contributed by atoms with Crippen LogP contribution in [0.3, 0.4) is 0 Å². The van der Waals surface area contributed by atoms with Crippen molar-refractivity contribution >= 4 is 5.91 Å². The van der Waals surface area contributed by atoms with Gasteiger partial charge in [-0.15, -0.1) is 0 Å². The number of pyridine rings is 1. The summed E-state index contributed by atoms with van der Waals surface area (Å²) < 4.78 is 15.9. The number of hydrogen-bond donors (Lipinski definition) is 0. The van der Waals surface area contributed by atoms with Crippen molar-refractivity contribution in [1.29, 1.82) is 0 Å². The number of aromatic nitrogens is 5. The van der Waals surface area contributed by atoms with Gasteiger partial charge in [-0.1, -0.05) is 10.3 Å². The van der Waals surface area contributed by atoms with Gasteiger partial charge in [-0.3, -0.25) is 14.7 Å². The molecule has 0 bridgehead atoms. The first-order chi connectivity index (χ1) is 17.2. The Morgan fingerprint density at radius 2 is 1.51 bits per heavy atom. The Bertz CT molecular complexity index is 1250. The van der Waals surface area contributed by atoms with Gasteiger partial charge in [0.2, 0.25) is 29.3 Å². The third-order valence-corrected chi connectivity index (χ3v) is 5.86. The molecular weight excluding hydrogens is 450 g/mol. The molecule has 1 fully saturated rings. The Morgan fingerprint density at radius 3 is 2.20 bits per heavy atom. The molecule has 11 heteroatoms.